The summed E-state index contributed by atoms with van der Waals surface area (Å²) in [4.78, 5) is 15.2. The third-order valence-corrected chi connectivity index (χ3v) is 4.56. The predicted octanol–water partition coefficient (Wildman–Crippen LogP) is 4.38. The van der Waals surface area contributed by atoms with E-state index >= 15 is 0 Å². The lowest BCUT2D eigenvalue weighted by molar-refractivity contribution is -0.142. The fourth-order valence-electron chi connectivity index (χ4n) is 3.62. The summed E-state index contributed by atoms with van der Waals surface area (Å²) in [5.41, 5.74) is 3.52. The normalized spacial score (nSPS) is 16.3. The second-order valence-corrected chi connectivity index (χ2v) is 8.22. The van der Waals surface area contributed by atoms with Crippen LogP contribution in [0.3, 0.4) is 0 Å². The van der Waals surface area contributed by atoms with Crippen LogP contribution < -0.4 is 4.74 Å². The molecule has 0 fully saturated rings. The summed E-state index contributed by atoms with van der Waals surface area (Å²) >= 11 is 0. The van der Waals surface area contributed by atoms with Crippen molar-refractivity contribution in [1.29, 1.82) is 0 Å². The van der Waals surface area contributed by atoms with Crippen LogP contribution in [0.4, 0.5) is 0 Å². The number of hydrogen-bond donors (Lipinski definition) is 0. The van der Waals surface area contributed by atoms with Crippen molar-refractivity contribution in [2.24, 2.45) is 0 Å². The summed E-state index contributed by atoms with van der Waals surface area (Å²) in [6.45, 7) is 10.4. The number of nitrogens with zero attached hydrogens (tertiary/aromatic N) is 1. The van der Waals surface area contributed by atoms with Gasteiger partial charge in [0, 0.05) is 29.8 Å². The Labute approximate surface area is 160 Å². The van der Waals surface area contributed by atoms with E-state index < -0.39 is 0 Å². The van der Waals surface area contributed by atoms with Crippen LogP contribution in [0.5, 0.6) is 5.75 Å². The van der Waals surface area contributed by atoms with Gasteiger partial charge in [0.15, 0.2) is 0 Å². The maximum atomic E-state index is 10.9. The average molecular weight is 363 g/mol. The van der Waals surface area contributed by atoms with E-state index in [0.717, 1.165) is 23.3 Å². The number of aromatic nitrogens is 1. The van der Waals surface area contributed by atoms with Gasteiger partial charge in [-0.25, -0.2) is 4.98 Å². The number of pyridine rings is 1. The van der Waals surface area contributed by atoms with Gasteiger partial charge in [-0.3, -0.25) is 4.79 Å². The molecular formula is C23H25NO3. The molecule has 0 aliphatic carbocycles. The molecule has 1 aliphatic rings. The summed E-state index contributed by atoms with van der Waals surface area (Å²) in [7, 11) is 0. The number of esters is 1. The van der Waals surface area contributed by atoms with Crippen LogP contribution in [-0.4, -0.2) is 16.6 Å². The highest BCUT2D eigenvalue weighted by atomic mass is 16.5. The summed E-state index contributed by atoms with van der Waals surface area (Å²) < 4.78 is 11.1. The monoisotopic (exact) mass is 363 g/mol. The molecule has 0 radical (unpaired) electrons. The lowest BCUT2D eigenvalue weighted by Crippen LogP contribution is -2.41. The van der Waals surface area contributed by atoms with Crippen LogP contribution in [-0.2, 0) is 21.6 Å². The Morgan fingerprint density at radius 2 is 1.96 bits per heavy atom. The first kappa shape index (κ1) is 19.0. The zero-order valence-corrected chi connectivity index (χ0v) is 16.6. The summed E-state index contributed by atoms with van der Waals surface area (Å²) in [5.74, 6) is 6.92. The Bertz CT molecular complexity index is 915. The molecule has 0 N–H and O–H groups in total. The molecule has 1 aromatic heterocycles. The van der Waals surface area contributed by atoms with Gasteiger partial charge < -0.3 is 9.47 Å². The summed E-state index contributed by atoms with van der Waals surface area (Å²) in [6, 6.07) is 9.81. The van der Waals surface area contributed by atoms with Gasteiger partial charge in [0.2, 0.25) is 0 Å². The summed E-state index contributed by atoms with van der Waals surface area (Å²) in [5, 5.41) is 0. The molecule has 4 heteroatoms. The number of carbonyl (C=O) groups is 1. The van der Waals surface area contributed by atoms with Crippen LogP contribution in [0.1, 0.15) is 63.4 Å². The molecule has 2 heterocycles. The Hall–Kier alpha value is -2.80. The maximum Gasteiger partial charge on any atom is 0.302 e. The van der Waals surface area contributed by atoms with E-state index in [0.29, 0.717) is 5.69 Å². The standard InChI is InChI=1S/C23H25NO3/c1-16(25)26-14-18-7-10-19(24-13-18)9-6-17-8-11-21-20(12-17)22(2,3)15-23(4,5)27-21/h7-8,10-13H,14-15H2,1-5H3. The van der Waals surface area contributed by atoms with E-state index in [4.69, 9.17) is 9.47 Å². The van der Waals surface area contributed by atoms with Crippen LogP contribution in [0.15, 0.2) is 36.5 Å². The first-order valence-corrected chi connectivity index (χ1v) is 9.09. The van der Waals surface area contributed by atoms with Gasteiger partial charge in [-0.1, -0.05) is 25.8 Å². The predicted molar refractivity (Wildman–Crippen MR) is 104 cm³/mol. The molecule has 27 heavy (non-hydrogen) atoms. The second kappa shape index (κ2) is 7.08. The highest BCUT2D eigenvalue weighted by Crippen LogP contribution is 2.44. The van der Waals surface area contributed by atoms with Crippen LogP contribution in [0, 0.1) is 11.8 Å². The lowest BCUT2D eigenvalue weighted by Gasteiger charge is -2.42. The first-order valence-electron chi connectivity index (χ1n) is 9.09. The first-order chi connectivity index (χ1) is 12.6. The highest BCUT2D eigenvalue weighted by Gasteiger charge is 2.38. The zero-order chi connectivity index (χ0) is 19.7. The van der Waals surface area contributed by atoms with Gasteiger partial charge in [0.05, 0.1) is 0 Å². The molecule has 0 atom stereocenters. The molecule has 0 bridgehead atoms. The number of hydrogen-bond acceptors (Lipinski definition) is 4. The fraction of sp³-hybridized carbons (Fsp3) is 0.391. The Balaban J connectivity index is 1.79. The van der Waals surface area contributed by atoms with Gasteiger partial charge in [0.25, 0.3) is 0 Å². The van der Waals surface area contributed by atoms with Crippen LogP contribution in [0.2, 0.25) is 0 Å². The molecule has 1 aliphatic heterocycles. The molecular weight excluding hydrogens is 338 g/mol. The Morgan fingerprint density at radius 1 is 1.19 bits per heavy atom. The van der Waals surface area contributed by atoms with Crippen molar-refractivity contribution in [3.8, 4) is 17.6 Å². The molecule has 2 aromatic rings. The van der Waals surface area contributed by atoms with Crippen molar-refractivity contribution in [2.75, 3.05) is 0 Å². The number of rotatable bonds is 2. The van der Waals surface area contributed by atoms with E-state index in [-0.39, 0.29) is 23.6 Å². The Morgan fingerprint density at radius 3 is 2.63 bits per heavy atom. The third kappa shape index (κ3) is 4.68. The van der Waals surface area contributed by atoms with Gasteiger partial charge in [0.1, 0.15) is 23.7 Å². The van der Waals surface area contributed by atoms with Gasteiger partial charge in [-0.05, 0) is 55.9 Å². The minimum Gasteiger partial charge on any atom is -0.488 e. The molecule has 0 unspecified atom stereocenters. The van der Waals surface area contributed by atoms with Crippen molar-refractivity contribution >= 4 is 5.97 Å². The zero-order valence-electron chi connectivity index (χ0n) is 16.6. The SMILES string of the molecule is CC(=O)OCc1ccc(C#Cc2ccc3c(c2)C(C)(C)CC(C)(C)O3)nc1. The number of carbonyl (C=O) groups excluding carboxylic acids is 1. The maximum absolute atomic E-state index is 10.9. The quantitative estimate of drug-likeness (QED) is 0.587. The molecule has 4 nitrogen and oxygen atoms in total. The topological polar surface area (TPSA) is 48.4 Å². The molecule has 1 aromatic carbocycles. The average Bonchev–Trinajstić information content (AvgIpc) is 2.57. The molecule has 0 spiro atoms. The van der Waals surface area contributed by atoms with E-state index in [9.17, 15) is 4.79 Å². The minimum atomic E-state index is -0.304. The Kier molecular flexibility index (Phi) is 4.97. The largest absolute Gasteiger partial charge is 0.488 e. The lowest BCUT2D eigenvalue weighted by atomic mass is 9.73. The molecule has 3 rings (SSSR count). The smallest absolute Gasteiger partial charge is 0.302 e. The molecule has 0 saturated carbocycles. The van der Waals surface area contributed by atoms with Crippen LogP contribution >= 0.6 is 0 Å². The van der Waals surface area contributed by atoms with Crippen molar-refractivity contribution in [3.05, 3.63) is 58.9 Å². The van der Waals surface area contributed by atoms with Gasteiger partial charge in [-0.2, -0.15) is 0 Å². The van der Waals surface area contributed by atoms with Gasteiger partial charge in [-0.15, -0.1) is 0 Å². The fourth-order valence-corrected chi connectivity index (χ4v) is 3.62. The van der Waals surface area contributed by atoms with Crippen molar-refractivity contribution in [3.63, 3.8) is 0 Å². The van der Waals surface area contributed by atoms with Crippen molar-refractivity contribution in [1.82, 2.24) is 4.98 Å². The second-order valence-electron chi connectivity index (χ2n) is 8.22. The van der Waals surface area contributed by atoms with Crippen molar-refractivity contribution in [2.45, 2.75) is 58.7 Å². The third-order valence-electron chi connectivity index (χ3n) is 4.56. The minimum absolute atomic E-state index is 0.0331. The van der Waals surface area contributed by atoms with E-state index in [2.05, 4.69) is 50.6 Å². The van der Waals surface area contributed by atoms with Gasteiger partial charge >= 0.3 is 5.97 Å². The molecule has 0 saturated heterocycles. The van der Waals surface area contributed by atoms with E-state index in [1.54, 1.807) is 6.20 Å². The van der Waals surface area contributed by atoms with E-state index in [1.807, 2.05) is 24.3 Å². The highest BCUT2D eigenvalue weighted by molar-refractivity contribution is 5.65. The molecule has 140 valence electrons. The molecule has 0 amide bonds. The van der Waals surface area contributed by atoms with Crippen LogP contribution in [0.25, 0.3) is 0 Å². The number of fused-ring (bicyclic) bond motifs is 1. The number of benzene rings is 1. The number of ether oxygens (including phenoxy) is 2. The summed E-state index contributed by atoms with van der Waals surface area (Å²) in [6.07, 6.45) is 2.63. The van der Waals surface area contributed by atoms with Crippen molar-refractivity contribution < 1.29 is 14.3 Å². The van der Waals surface area contributed by atoms with E-state index in [1.165, 1.54) is 12.5 Å².